The molecule has 2 rings (SSSR count). The van der Waals surface area contributed by atoms with Crippen molar-refractivity contribution < 1.29 is 0 Å². The van der Waals surface area contributed by atoms with Crippen LogP contribution in [0.2, 0.25) is 0 Å². The van der Waals surface area contributed by atoms with Crippen molar-refractivity contribution in [1.29, 1.82) is 0 Å². The Labute approximate surface area is 86.4 Å². The van der Waals surface area contributed by atoms with Crippen LogP contribution < -0.4 is 9.05 Å². The van der Waals surface area contributed by atoms with Gasteiger partial charge in [-0.3, -0.25) is 0 Å². The first-order chi connectivity index (χ1) is 5.75. The van der Waals surface area contributed by atoms with E-state index in [2.05, 4.69) is 42.0 Å². The molecule has 0 amide bonds. The summed E-state index contributed by atoms with van der Waals surface area (Å²) in [5.41, 5.74) is 1.89. The van der Waals surface area contributed by atoms with Crippen LogP contribution in [0.15, 0.2) is 24.4 Å². The van der Waals surface area contributed by atoms with Crippen LogP contribution in [0, 0.1) is 0 Å². The van der Waals surface area contributed by atoms with Crippen LogP contribution in [-0.4, -0.2) is 42.0 Å². The Morgan fingerprint density at radius 1 is 1.08 bits per heavy atom. The fraction of sp³-hybridized carbons (Fsp3) is 0. The van der Waals surface area contributed by atoms with Crippen molar-refractivity contribution in [1.82, 2.24) is 9.97 Å². The summed E-state index contributed by atoms with van der Waals surface area (Å²) >= 11 is 4.89. The van der Waals surface area contributed by atoms with Crippen molar-refractivity contribution in [2.24, 2.45) is 0 Å². The summed E-state index contributed by atoms with van der Waals surface area (Å²) in [5, 5.41) is 0. The SMILES string of the molecule is [SeH]c1ccc2ncc([SeH])nc2c1. The summed E-state index contributed by atoms with van der Waals surface area (Å²) in [6.07, 6.45) is 1.76. The molecule has 0 aliphatic carbocycles. The van der Waals surface area contributed by atoms with Gasteiger partial charge in [-0.25, -0.2) is 0 Å². The van der Waals surface area contributed by atoms with Crippen LogP contribution in [0.1, 0.15) is 0 Å². The summed E-state index contributed by atoms with van der Waals surface area (Å²) in [6.45, 7) is 0. The fourth-order valence-corrected chi connectivity index (χ4v) is 1.75. The second-order valence-electron chi connectivity index (χ2n) is 2.40. The Morgan fingerprint density at radius 2 is 1.92 bits per heavy atom. The molecule has 0 radical (unpaired) electrons. The number of nitrogens with zero attached hydrogens (tertiary/aromatic N) is 2. The second kappa shape index (κ2) is 3.15. The van der Waals surface area contributed by atoms with Gasteiger partial charge in [-0.2, -0.15) is 0 Å². The molecule has 0 spiro atoms. The predicted octanol–water partition coefficient (Wildman–Crippen LogP) is -1.32. The van der Waals surface area contributed by atoms with Crippen molar-refractivity contribution >= 4 is 52.1 Å². The van der Waals surface area contributed by atoms with Crippen molar-refractivity contribution in [3.05, 3.63) is 24.4 Å². The van der Waals surface area contributed by atoms with E-state index in [-0.39, 0.29) is 0 Å². The topological polar surface area (TPSA) is 25.8 Å². The summed E-state index contributed by atoms with van der Waals surface area (Å²) in [4.78, 5) is 8.57. The predicted molar refractivity (Wildman–Crippen MR) is 53.1 cm³/mol. The Kier molecular flexibility index (Phi) is 2.16. The van der Waals surface area contributed by atoms with E-state index in [1.807, 2.05) is 18.2 Å². The van der Waals surface area contributed by atoms with Gasteiger partial charge in [0.2, 0.25) is 0 Å². The molecule has 2 nitrogen and oxygen atoms in total. The number of aromatic nitrogens is 2. The van der Waals surface area contributed by atoms with Gasteiger partial charge in [0.15, 0.2) is 0 Å². The summed E-state index contributed by atoms with van der Waals surface area (Å²) in [5.74, 6) is 0. The first-order valence-corrected chi connectivity index (χ1v) is 5.28. The van der Waals surface area contributed by atoms with Crippen LogP contribution in [0.5, 0.6) is 0 Å². The van der Waals surface area contributed by atoms with Gasteiger partial charge in [-0.05, 0) is 0 Å². The Bertz CT molecular complexity index is 392. The summed E-state index contributed by atoms with van der Waals surface area (Å²) < 4.78 is 2.05. The third-order valence-electron chi connectivity index (χ3n) is 1.51. The average molecular weight is 288 g/mol. The standard InChI is InChI=1S/C8H6N2Se2/c11-5-1-2-6-7(3-5)10-8(12)4-9-6/h1-4,11H,(H,10,12). The van der Waals surface area contributed by atoms with E-state index in [1.54, 1.807) is 6.20 Å². The molecule has 0 atom stereocenters. The molecule has 0 N–H and O–H groups in total. The average Bonchev–Trinajstić information content (AvgIpc) is 2.03. The summed E-state index contributed by atoms with van der Waals surface area (Å²) in [6, 6.07) is 6.00. The van der Waals surface area contributed by atoms with E-state index >= 15 is 0 Å². The molecule has 1 heterocycles. The maximum absolute atomic E-state index is 4.34. The van der Waals surface area contributed by atoms with Crippen molar-refractivity contribution in [3.63, 3.8) is 0 Å². The molecule has 2 aromatic rings. The molecule has 0 saturated heterocycles. The van der Waals surface area contributed by atoms with E-state index in [0.29, 0.717) is 0 Å². The molecule has 1 aromatic heterocycles. The van der Waals surface area contributed by atoms with Gasteiger partial charge in [0.25, 0.3) is 0 Å². The molecular weight excluding hydrogens is 282 g/mol. The molecule has 0 saturated carbocycles. The van der Waals surface area contributed by atoms with Crippen molar-refractivity contribution in [2.75, 3.05) is 0 Å². The Hall–Kier alpha value is -0.401. The van der Waals surface area contributed by atoms with Gasteiger partial charge in [-0.15, -0.1) is 0 Å². The van der Waals surface area contributed by atoms with Crippen LogP contribution in [0.4, 0.5) is 0 Å². The first kappa shape index (κ1) is 8.21. The molecule has 0 aliphatic heterocycles. The first-order valence-electron chi connectivity index (χ1n) is 3.40. The minimum atomic E-state index is 0.896. The zero-order valence-electron chi connectivity index (χ0n) is 6.10. The van der Waals surface area contributed by atoms with Crippen LogP contribution in [0.25, 0.3) is 11.0 Å². The molecule has 0 fully saturated rings. The van der Waals surface area contributed by atoms with Crippen LogP contribution >= 0.6 is 0 Å². The van der Waals surface area contributed by atoms with E-state index in [4.69, 9.17) is 0 Å². The number of hydrogen-bond donors (Lipinski definition) is 0. The molecule has 12 heavy (non-hydrogen) atoms. The molecule has 1 aromatic carbocycles. The van der Waals surface area contributed by atoms with Crippen LogP contribution in [-0.2, 0) is 0 Å². The van der Waals surface area contributed by atoms with Crippen molar-refractivity contribution in [3.8, 4) is 0 Å². The fourth-order valence-electron chi connectivity index (χ4n) is 0.990. The molecular formula is C8H6N2Se2. The molecule has 0 bridgehead atoms. The molecule has 0 aliphatic rings. The van der Waals surface area contributed by atoms with Crippen LogP contribution in [0.3, 0.4) is 0 Å². The van der Waals surface area contributed by atoms with Gasteiger partial charge in [-0.1, -0.05) is 0 Å². The second-order valence-corrected chi connectivity index (χ2v) is 4.45. The van der Waals surface area contributed by atoms with Gasteiger partial charge in [0.05, 0.1) is 0 Å². The minimum absolute atomic E-state index is 0.896. The van der Waals surface area contributed by atoms with Gasteiger partial charge in [0.1, 0.15) is 0 Å². The third-order valence-corrected chi connectivity index (χ3v) is 2.55. The zero-order chi connectivity index (χ0) is 8.55. The van der Waals surface area contributed by atoms with E-state index in [0.717, 1.165) is 20.1 Å². The van der Waals surface area contributed by atoms with E-state index in [1.165, 1.54) is 0 Å². The number of rotatable bonds is 0. The van der Waals surface area contributed by atoms with Crippen molar-refractivity contribution in [2.45, 2.75) is 0 Å². The Morgan fingerprint density at radius 3 is 2.75 bits per heavy atom. The van der Waals surface area contributed by atoms with Gasteiger partial charge < -0.3 is 0 Å². The zero-order valence-corrected chi connectivity index (χ0v) is 9.85. The summed E-state index contributed by atoms with van der Waals surface area (Å²) in [7, 11) is 0. The number of benzene rings is 1. The monoisotopic (exact) mass is 290 g/mol. The number of hydrogen-bond acceptors (Lipinski definition) is 2. The van der Waals surface area contributed by atoms with E-state index < -0.39 is 0 Å². The van der Waals surface area contributed by atoms with E-state index in [9.17, 15) is 0 Å². The van der Waals surface area contributed by atoms with Gasteiger partial charge >= 0.3 is 86.5 Å². The molecule has 60 valence electrons. The Balaban J connectivity index is 2.80. The normalized spacial score (nSPS) is 10.5. The maximum atomic E-state index is 4.34. The van der Waals surface area contributed by atoms with Gasteiger partial charge in [0, 0.05) is 0 Å². The third kappa shape index (κ3) is 1.52. The number of fused-ring (bicyclic) bond motifs is 1. The quantitative estimate of drug-likeness (QED) is 0.562. The molecule has 4 heteroatoms. The molecule has 0 unspecified atom stereocenters.